The lowest BCUT2D eigenvalue weighted by atomic mass is 9.98. The molecule has 0 amide bonds. The fourth-order valence-corrected chi connectivity index (χ4v) is 1.61. The first-order valence-electron chi connectivity index (χ1n) is 5.05. The lowest BCUT2D eigenvalue weighted by molar-refractivity contribution is -0.751. The van der Waals surface area contributed by atoms with Crippen LogP contribution in [0.4, 0.5) is 0 Å². The Morgan fingerprint density at radius 3 is 2.33 bits per heavy atom. The van der Waals surface area contributed by atoms with E-state index in [1.807, 2.05) is 0 Å². The van der Waals surface area contributed by atoms with Crippen LogP contribution in [0.1, 0.15) is 0 Å². The zero-order valence-corrected chi connectivity index (χ0v) is 8.49. The van der Waals surface area contributed by atoms with Gasteiger partial charge in [-0.15, -0.1) is 0 Å². The van der Waals surface area contributed by atoms with Gasteiger partial charge in [0.2, 0.25) is 6.23 Å². The van der Waals surface area contributed by atoms with E-state index in [4.69, 9.17) is 9.84 Å². The average molecular weight is 224 g/mol. The second-order valence-corrected chi connectivity index (χ2v) is 3.67. The molecular formula is C8H20N2O5+2. The zero-order valence-electron chi connectivity index (χ0n) is 8.49. The Bertz CT molecular complexity index is 192. The smallest absolute Gasteiger partial charge is 0.220 e. The Balaban J connectivity index is 2.57. The van der Waals surface area contributed by atoms with Gasteiger partial charge in [-0.3, -0.25) is 0 Å². The van der Waals surface area contributed by atoms with Gasteiger partial charge < -0.3 is 36.2 Å². The predicted molar refractivity (Wildman–Crippen MR) is 48.3 cm³/mol. The van der Waals surface area contributed by atoms with Gasteiger partial charge in [0.15, 0.2) is 6.10 Å². The minimum absolute atomic E-state index is 0.389. The third kappa shape index (κ3) is 2.85. The minimum Gasteiger partial charge on any atom is -0.394 e. The van der Waals surface area contributed by atoms with Crippen molar-refractivity contribution in [3.63, 3.8) is 0 Å². The molecule has 1 saturated heterocycles. The van der Waals surface area contributed by atoms with Gasteiger partial charge in [0.25, 0.3) is 0 Å². The Labute approximate surface area is 87.5 Å². The van der Waals surface area contributed by atoms with Gasteiger partial charge in [-0.25, -0.2) is 0 Å². The summed E-state index contributed by atoms with van der Waals surface area (Å²) in [6, 6.07) is 0. The summed E-state index contributed by atoms with van der Waals surface area (Å²) in [6.07, 6.45) is -5.22. The van der Waals surface area contributed by atoms with Crippen molar-refractivity contribution in [1.29, 1.82) is 0 Å². The predicted octanol–water partition coefficient (Wildman–Crippen LogP) is -5.41. The number of ether oxygens (including phenoxy) is 1. The molecule has 0 aromatic heterocycles. The molecule has 5 atom stereocenters. The van der Waals surface area contributed by atoms with Gasteiger partial charge in [-0.1, -0.05) is 0 Å². The maximum Gasteiger partial charge on any atom is 0.220 e. The van der Waals surface area contributed by atoms with Gasteiger partial charge in [-0.05, 0) is 0 Å². The van der Waals surface area contributed by atoms with E-state index in [0.717, 1.165) is 0 Å². The van der Waals surface area contributed by atoms with Crippen molar-refractivity contribution in [1.82, 2.24) is 0 Å². The molecule has 0 radical (unpaired) electrons. The molecule has 0 spiro atoms. The first-order valence-corrected chi connectivity index (χ1v) is 5.05. The van der Waals surface area contributed by atoms with Crippen LogP contribution in [0.5, 0.6) is 0 Å². The molecule has 1 rings (SSSR count). The van der Waals surface area contributed by atoms with E-state index < -0.39 is 30.6 Å². The Kier molecular flexibility index (Phi) is 4.87. The van der Waals surface area contributed by atoms with Crippen LogP contribution in [0.25, 0.3) is 0 Å². The van der Waals surface area contributed by atoms with E-state index in [-0.39, 0.29) is 6.61 Å². The number of hydrogen-bond acceptors (Lipinski definition) is 5. The van der Waals surface area contributed by atoms with E-state index in [0.29, 0.717) is 13.1 Å². The summed E-state index contributed by atoms with van der Waals surface area (Å²) < 4.78 is 5.24. The van der Waals surface area contributed by atoms with E-state index in [1.165, 1.54) is 0 Å². The van der Waals surface area contributed by atoms with Crippen molar-refractivity contribution >= 4 is 0 Å². The van der Waals surface area contributed by atoms with Crippen LogP contribution >= 0.6 is 0 Å². The lowest BCUT2D eigenvalue weighted by Gasteiger charge is -2.37. The third-order valence-electron chi connectivity index (χ3n) is 2.53. The number of quaternary nitrogens is 2. The summed E-state index contributed by atoms with van der Waals surface area (Å²) in [4.78, 5) is 0. The standard InChI is InChI=1S/C8H18N2O5/c9-1-2-10-8-7(14)6(13)5(12)4(3-11)15-8/h4-8,10-14H,1-3,9H2/p+2/t4-,5+,6+,7-,8+/m0/s1. The van der Waals surface area contributed by atoms with Crippen LogP contribution in [0.3, 0.4) is 0 Å². The summed E-state index contributed by atoms with van der Waals surface area (Å²) in [6.45, 7) is 0.914. The topological polar surface area (TPSA) is 134 Å². The average Bonchev–Trinajstić information content (AvgIpc) is 2.25. The fraction of sp³-hybridized carbons (Fsp3) is 1.00. The molecule has 0 unspecified atom stereocenters. The van der Waals surface area contributed by atoms with Gasteiger partial charge in [0.05, 0.1) is 6.61 Å². The largest absolute Gasteiger partial charge is 0.394 e. The second-order valence-electron chi connectivity index (χ2n) is 3.67. The molecule has 15 heavy (non-hydrogen) atoms. The van der Waals surface area contributed by atoms with E-state index >= 15 is 0 Å². The molecule has 1 aliphatic heterocycles. The maximum atomic E-state index is 9.58. The van der Waals surface area contributed by atoms with E-state index in [2.05, 4.69) is 5.73 Å². The highest BCUT2D eigenvalue weighted by molar-refractivity contribution is 4.87. The Morgan fingerprint density at radius 1 is 1.13 bits per heavy atom. The van der Waals surface area contributed by atoms with Crippen molar-refractivity contribution in [2.45, 2.75) is 30.6 Å². The highest BCUT2D eigenvalue weighted by Crippen LogP contribution is 2.17. The summed E-state index contributed by atoms with van der Waals surface area (Å²) >= 11 is 0. The number of nitrogens with two attached hydrogens (primary N) is 1. The van der Waals surface area contributed by atoms with Gasteiger partial charge in [-0.2, -0.15) is 0 Å². The van der Waals surface area contributed by atoms with Crippen LogP contribution in [0.15, 0.2) is 0 Å². The number of aliphatic hydroxyl groups is 4. The molecule has 0 aromatic carbocycles. The monoisotopic (exact) mass is 224 g/mol. The van der Waals surface area contributed by atoms with Gasteiger partial charge in [0.1, 0.15) is 31.4 Å². The van der Waals surface area contributed by atoms with Crippen LogP contribution in [-0.4, -0.2) is 70.8 Å². The van der Waals surface area contributed by atoms with Crippen LogP contribution in [-0.2, 0) is 4.74 Å². The summed E-state index contributed by atoms with van der Waals surface area (Å²) in [7, 11) is 0. The molecule has 7 nitrogen and oxygen atoms in total. The van der Waals surface area contributed by atoms with Crippen molar-refractivity contribution in [2.24, 2.45) is 0 Å². The van der Waals surface area contributed by atoms with E-state index in [9.17, 15) is 15.3 Å². The van der Waals surface area contributed by atoms with Crippen LogP contribution in [0, 0.1) is 0 Å². The fourth-order valence-electron chi connectivity index (χ4n) is 1.61. The van der Waals surface area contributed by atoms with E-state index in [1.54, 1.807) is 5.32 Å². The second kappa shape index (κ2) is 5.71. The van der Waals surface area contributed by atoms with Crippen LogP contribution < -0.4 is 11.1 Å². The SMILES string of the molecule is [NH3+]CC[NH2+][C@@H]1O[C@@H](CO)[C@@H](O)[C@@H](O)[C@@H]1O. The van der Waals surface area contributed by atoms with Crippen LogP contribution in [0.2, 0.25) is 0 Å². The molecule has 90 valence electrons. The normalized spacial score (nSPS) is 41.8. The first-order chi connectivity index (χ1) is 7.11. The quantitative estimate of drug-likeness (QED) is 0.283. The highest BCUT2D eigenvalue weighted by Gasteiger charge is 2.45. The molecule has 7 heteroatoms. The van der Waals surface area contributed by atoms with Crippen molar-refractivity contribution in [2.75, 3.05) is 19.7 Å². The van der Waals surface area contributed by atoms with Crippen molar-refractivity contribution in [3.05, 3.63) is 0 Å². The number of rotatable bonds is 4. The summed E-state index contributed by atoms with van der Waals surface area (Å²) in [5, 5.41) is 39.1. The highest BCUT2D eigenvalue weighted by atomic mass is 16.6. The van der Waals surface area contributed by atoms with Gasteiger partial charge >= 0.3 is 0 Å². The first kappa shape index (κ1) is 12.8. The zero-order chi connectivity index (χ0) is 11.4. The Morgan fingerprint density at radius 2 is 1.80 bits per heavy atom. The molecule has 1 heterocycles. The molecular weight excluding hydrogens is 204 g/mol. The molecule has 0 bridgehead atoms. The molecule has 1 aliphatic rings. The summed E-state index contributed by atoms with van der Waals surface area (Å²) in [5.41, 5.74) is 3.64. The molecule has 1 fully saturated rings. The molecule has 9 N–H and O–H groups in total. The minimum atomic E-state index is -1.29. The van der Waals surface area contributed by atoms with Crippen molar-refractivity contribution < 1.29 is 36.2 Å². The molecule has 0 aromatic rings. The molecule has 0 saturated carbocycles. The van der Waals surface area contributed by atoms with Gasteiger partial charge in [0, 0.05) is 0 Å². The molecule has 0 aliphatic carbocycles. The maximum absolute atomic E-state index is 9.58. The number of aliphatic hydroxyl groups excluding tert-OH is 4. The lowest BCUT2D eigenvalue weighted by Crippen LogP contribution is -2.97. The number of hydrogen-bond donors (Lipinski definition) is 6. The summed E-state index contributed by atoms with van der Waals surface area (Å²) in [5.74, 6) is 0. The van der Waals surface area contributed by atoms with Crippen molar-refractivity contribution in [3.8, 4) is 0 Å². The third-order valence-corrected chi connectivity index (χ3v) is 2.53. The Hall–Kier alpha value is -0.280.